The number of pyridine rings is 1. The SMILES string of the molecule is C#Cc1ccnc(C(N)=C2CC2)c1. The van der Waals surface area contributed by atoms with E-state index in [-0.39, 0.29) is 0 Å². The van der Waals surface area contributed by atoms with Gasteiger partial charge in [-0.2, -0.15) is 0 Å². The highest BCUT2D eigenvalue weighted by Crippen LogP contribution is 2.32. The van der Waals surface area contributed by atoms with Gasteiger partial charge in [0.2, 0.25) is 0 Å². The zero-order valence-corrected chi connectivity index (χ0v) is 7.25. The average molecular weight is 170 g/mol. The second-order valence-corrected chi connectivity index (χ2v) is 3.09. The van der Waals surface area contributed by atoms with E-state index in [0.29, 0.717) is 0 Å². The number of nitrogens with two attached hydrogens (primary N) is 1. The molecule has 0 atom stereocenters. The summed E-state index contributed by atoms with van der Waals surface area (Å²) in [6, 6.07) is 3.65. The van der Waals surface area contributed by atoms with E-state index in [2.05, 4.69) is 10.9 Å². The van der Waals surface area contributed by atoms with Crippen molar-refractivity contribution >= 4 is 5.70 Å². The molecule has 1 aromatic rings. The maximum absolute atomic E-state index is 5.87. The van der Waals surface area contributed by atoms with Gasteiger partial charge in [0.25, 0.3) is 0 Å². The van der Waals surface area contributed by atoms with Gasteiger partial charge >= 0.3 is 0 Å². The maximum atomic E-state index is 5.87. The number of hydrogen-bond acceptors (Lipinski definition) is 2. The van der Waals surface area contributed by atoms with E-state index in [1.165, 1.54) is 5.57 Å². The number of allylic oxidation sites excluding steroid dienone is 1. The molecule has 1 aliphatic rings. The molecule has 0 amide bonds. The predicted octanol–water partition coefficient (Wildman–Crippen LogP) is 1.53. The summed E-state index contributed by atoms with van der Waals surface area (Å²) in [5.74, 6) is 2.56. The Hall–Kier alpha value is -1.75. The van der Waals surface area contributed by atoms with Crippen LogP contribution < -0.4 is 5.73 Å². The average Bonchev–Trinajstić information content (AvgIpc) is 3.00. The minimum absolute atomic E-state index is 0.803. The van der Waals surface area contributed by atoms with E-state index < -0.39 is 0 Å². The first-order valence-electron chi connectivity index (χ1n) is 4.22. The van der Waals surface area contributed by atoms with Crippen LogP contribution in [0.25, 0.3) is 5.70 Å². The van der Waals surface area contributed by atoms with Crippen molar-refractivity contribution in [2.45, 2.75) is 12.8 Å². The lowest BCUT2D eigenvalue weighted by Crippen LogP contribution is -1.99. The summed E-state index contributed by atoms with van der Waals surface area (Å²) in [4.78, 5) is 4.17. The van der Waals surface area contributed by atoms with E-state index in [9.17, 15) is 0 Å². The normalized spacial score (nSPS) is 13.6. The Morgan fingerprint density at radius 3 is 2.92 bits per heavy atom. The molecule has 0 spiro atoms. The number of nitrogens with zero attached hydrogens (tertiary/aromatic N) is 1. The Bertz CT molecular complexity index is 404. The van der Waals surface area contributed by atoms with Gasteiger partial charge in [0.05, 0.1) is 11.4 Å². The fourth-order valence-electron chi connectivity index (χ4n) is 1.18. The predicted molar refractivity (Wildman–Crippen MR) is 52.5 cm³/mol. The van der Waals surface area contributed by atoms with E-state index in [1.54, 1.807) is 12.3 Å². The van der Waals surface area contributed by atoms with Crippen LogP contribution in [0.3, 0.4) is 0 Å². The van der Waals surface area contributed by atoms with Crippen molar-refractivity contribution in [2.75, 3.05) is 0 Å². The molecule has 2 nitrogen and oxygen atoms in total. The number of terminal acetylenes is 1. The summed E-state index contributed by atoms with van der Waals surface area (Å²) in [5, 5.41) is 0. The zero-order chi connectivity index (χ0) is 9.26. The second kappa shape index (κ2) is 2.95. The molecular formula is C11H10N2. The first-order chi connectivity index (χ1) is 6.31. The van der Waals surface area contributed by atoms with Crippen molar-refractivity contribution in [2.24, 2.45) is 5.73 Å². The van der Waals surface area contributed by atoms with Crippen LogP contribution in [0.5, 0.6) is 0 Å². The van der Waals surface area contributed by atoms with Crippen molar-refractivity contribution in [3.63, 3.8) is 0 Å². The third kappa shape index (κ3) is 1.54. The van der Waals surface area contributed by atoms with Crippen molar-refractivity contribution in [1.82, 2.24) is 4.98 Å². The largest absolute Gasteiger partial charge is 0.397 e. The number of rotatable bonds is 1. The molecule has 2 rings (SSSR count). The van der Waals surface area contributed by atoms with Gasteiger partial charge < -0.3 is 5.73 Å². The Balaban J connectivity index is 2.42. The van der Waals surface area contributed by atoms with Crippen molar-refractivity contribution in [3.8, 4) is 12.3 Å². The van der Waals surface area contributed by atoms with Crippen LogP contribution in [0.1, 0.15) is 24.1 Å². The van der Waals surface area contributed by atoms with Gasteiger partial charge in [-0.05, 0) is 30.5 Å². The summed E-state index contributed by atoms with van der Waals surface area (Å²) < 4.78 is 0. The summed E-state index contributed by atoms with van der Waals surface area (Å²) in [5.41, 5.74) is 9.60. The molecule has 0 unspecified atom stereocenters. The van der Waals surface area contributed by atoms with Crippen LogP contribution in [0.2, 0.25) is 0 Å². The topological polar surface area (TPSA) is 38.9 Å². The van der Waals surface area contributed by atoms with Crippen LogP contribution in [-0.4, -0.2) is 4.98 Å². The van der Waals surface area contributed by atoms with Gasteiger partial charge in [-0.3, -0.25) is 4.98 Å². The van der Waals surface area contributed by atoms with Crippen LogP contribution in [0.4, 0.5) is 0 Å². The quantitative estimate of drug-likeness (QED) is 0.649. The Morgan fingerprint density at radius 2 is 2.31 bits per heavy atom. The van der Waals surface area contributed by atoms with E-state index in [0.717, 1.165) is 29.8 Å². The Morgan fingerprint density at radius 1 is 1.54 bits per heavy atom. The van der Waals surface area contributed by atoms with Crippen LogP contribution in [0, 0.1) is 12.3 Å². The minimum atomic E-state index is 0.803. The second-order valence-electron chi connectivity index (χ2n) is 3.09. The molecule has 0 saturated heterocycles. The highest BCUT2D eigenvalue weighted by atomic mass is 14.7. The van der Waals surface area contributed by atoms with Crippen molar-refractivity contribution < 1.29 is 0 Å². The molecule has 1 aliphatic carbocycles. The van der Waals surface area contributed by atoms with Gasteiger partial charge in [0.1, 0.15) is 0 Å². The standard InChI is InChI=1S/C11H10N2/c1-2-8-5-6-13-10(7-8)11(12)9-3-4-9/h1,5-7H,3-4,12H2. The third-order valence-electron chi connectivity index (χ3n) is 2.08. The fraction of sp³-hybridized carbons (Fsp3) is 0.182. The molecule has 0 aliphatic heterocycles. The van der Waals surface area contributed by atoms with Gasteiger partial charge in [-0.1, -0.05) is 5.92 Å². The Kier molecular flexibility index (Phi) is 1.79. The molecule has 0 aromatic carbocycles. The van der Waals surface area contributed by atoms with Gasteiger partial charge in [-0.15, -0.1) is 6.42 Å². The van der Waals surface area contributed by atoms with E-state index >= 15 is 0 Å². The lowest BCUT2D eigenvalue weighted by molar-refractivity contribution is 1.24. The highest BCUT2D eigenvalue weighted by molar-refractivity contribution is 5.66. The molecule has 2 N–H and O–H groups in total. The van der Waals surface area contributed by atoms with Crippen LogP contribution >= 0.6 is 0 Å². The molecular weight excluding hydrogens is 160 g/mol. The molecule has 64 valence electrons. The van der Waals surface area contributed by atoms with Crippen LogP contribution in [0.15, 0.2) is 23.9 Å². The van der Waals surface area contributed by atoms with Gasteiger partial charge in [0.15, 0.2) is 0 Å². The number of aromatic nitrogens is 1. The molecule has 1 saturated carbocycles. The molecule has 1 fully saturated rings. The van der Waals surface area contributed by atoms with Crippen molar-refractivity contribution in [1.29, 1.82) is 0 Å². The lowest BCUT2D eigenvalue weighted by atomic mass is 10.2. The molecule has 2 heteroatoms. The first-order valence-corrected chi connectivity index (χ1v) is 4.22. The summed E-state index contributed by atoms with van der Waals surface area (Å²) in [6.07, 6.45) is 9.18. The van der Waals surface area contributed by atoms with E-state index in [1.807, 2.05) is 6.07 Å². The molecule has 13 heavy (non-hydrogen) atoms. The van der Waals surface area contributed by atoms with Gasteiger partial charge in [0, 0.05) is 11.8 Å². The monoisotopic (exact) mass is 170 g/mol. The smallest absolute Gasteiger partial charge is 0.0870 e. The molecule has 1 aromatic heterocycles. The summed E-state index contributed by atoms with van der Waals surface area (Å²) in [6.45, 7) is 0. The lowest BCUT2D eigenvalue weighted by Gasteiger charge is -1.99. The highest BCUT2D eigenvalue weighted by Gasteiger charge is 2.17. The van der Waals surface area contributed by atoms with Gasteiger partial charge in [-0.25, -0.2) is 0 Å². The maximum Gasteiger partial charge on any atom is 0.0870 e. The summed E-state index contributed by atoms with van der Waals surface area (Å²) in [7, 11) is 0. The minimum Gasteiger partial charge on any atom is -0.397 e. The Labute approximate surface area is 77.5 Å². The molecule has 1 heterocycles. The first kappa shape index (κ1) is 7.88. The molecule has 0 bridgehead atoms. The fourth-order valence-corrected chi connectivity index (χ4v) is 1.18. The van der Waals surface area contributed by atoms with E-state index in [4.69, 9.17) is 12.2 Å². The summed E-state index contributed by atoms with van der Waals surface area (Å²) >= 11 is 0. The van der Waals surface area contributed by atoms with Crippen molar-refractivity contribution in [3.05, 3.63) is 35.2 Å². The third-order valence-corrected chi connectivity index (χ3v) is 2.08. The zero-order valence-electron chi connectivity index (χ0n) is 7.25. The molecule has 0 radical (unpaired) electrons. The number of hydrogen-bond donors (Lipinski definition) is 1. The van der Waals surface area contributed by atoms with Crippen LogP contribution in [-0.2, 0) is 0 Å².